The first-order chi connectivity index (χ1) is 13.1. The highest BCUT2D eigenvalue weighted by Gasteiger charge is 2.12. The minimum atomic E-state index is -0.143. The van der Waals surface area contributed by atoms with Crippen LogP contribution >= 0.6 is 0 Å². The number of rotatable bonds is 5. The number of nitrogens with one attached hydrogen (secondary N) is 1. The van der Waals surface area contributed by atoms with Crippen LogP contribution in [0.25, 0.3) is 22.4 Å². The van der Waals surface area contributed by atoms with Crippen LogP contribution < -0.4 is 10.1 Å². The van der Waals surface area contributed by atoms with Gasteiger partial charge in [-0.1, -0.05) is 18.2 Å². The summed E-state index contributed by atoms with van der Waals surface area (Å²) in [6.07, 6.45) is 1.88. The Hall–Kier alpha value is -3.61. The lowest BCUT2D eigenvalue weighted by Crippen LogP contribution is -2.18. The Morgan fingerprint density at radius 1 is 1.19 bits per heavy atom. The zero-order chi connectivity index (χ0) is 18.8. The molecule has 0 spiro atoms. The van der Waals surface area contributed by atoms with E-state index in [1.165, 1.54) is 0 Å². The predicted octanol–water partition coefficient (Wildman–Crippen LogP) is 3.65. The molecule has 0 aliphatic carbocycles. The molecule has 0 atom stereocenters. The van der Waals surface area contributed by atoms with Crippen LogP contribution in [0.3, 0.4) is 0 Å². The smallest absolute Gasteiger partial charge is 0.247 e. The van der Waals surface area contributed by atoms with Crippen LogP contribution in [0.5, 0.6) is 5.75 Å². The molecule has 0 saturated carbocycles. The molecule has 0 radical (unpaired) electrons. The molecule has 136 valence electrons. The first-order valence-electron chi connectivity index (χ1n) is 8.46. The van der Waals surface area contributed by atoms with Gasteiger partial charge in [-0.05, 0) is 35.7 Å². The molecular formula is C20H18N4O3. The molecule has 7 heteroatoms. The van der Waals surface area contributed by atoms with Gasteiger partial charge >= 0.3 is 0 Å². The standard InChI is InChI=1S/C20H18N4O3/c1-13-22-23-20(27-13)15-8-7-14-9-10-24(17(14)11-15)12-19(25)21-16-5-3-4-6-18(16)26-2/h3-11H,12H2,1-2H3,(H,21,25). The van der Waals surface area contributed by atoms with Gasteiger partial charge in [0, 0.05) is 24.2 Å². The maximum atomic E-state index is 12.5. The van der Waals surface area contributed by atoms with E-state index in [4.69, 9.17) is 9.15 Å². The van der Waals surface area contributed by atoms with Crippen LogP contribution in [0, 0.1) is 6.92 Å². The molecule has 2 aromatic carbocycles. The minimum absolute atomic E-state index is 0.143. The van der Waals surface area contributed by atoms with Gasteiger partial charge in [-0.3, -0.25) is 4.79 Å². The van der Waals surface area contributed by atoms with Crippen molar-refractivity contribution in [3.8, 4) is 17.2 Å². The van der Waals surface area contributed by atoms with Crippen molar-refractivity contribution in [2.75, 3.05) is 12.4 Å². The van der Waals surface area contributed by atoms with Crippen LogP contribution in [-0.2, 0) is 11.3 Å². The number of anilines is 1. The third-order valence-corrected chi connectivity index (χ3v) is 4.24. The highest BCUT2D eigenvalue weighted by atomic mass is 16.5. The third-order valence-electron chi connectivity index (χ3n) is 4.24. The molecular weight excluding hydrogens is 344 g/mol. The molecule has 4 aromatic rings. The van der Waals surface area contributed by atoms with E-state index in [1.807, 2.05) is 47.2 Å². The number of benzene rings is 2. The van der Waals surface area contributed by atoms with Gasteiger partial charge in [0.25, 0.3) is 0 Å². The average Bonchev–Trinajstić information content (AvgIpc) is 3.28. The number of fused-ring (bicyclic) bond motifs is 1. The number of ether oxygens (including phenoxy) is 1. The van der Waals surface area contributed by atoms with Crippen LogP contribution in [-0.4, -0.2) is 27.8 Å². The Labute approximate surface area is 155 Å². The van der Waals surface area contributed by atoms with Crippen LogP contribution in [0.2, 0.25) is 0 Å². The molecule has 27 heavy (non-hydrogen) atoms. The molecule has 1 N–H and O–H groups in total. The summed E-state index contributed by atoms with van der Waals surface area (Å²) in [5.74, 6) is 1.45. The number of hydrogen-bond acceptors (Lipinski definition) is 5. The molecule has 0 bridgehead atoms. The number of para-hydroxylation sites is 2. The lowest BCUT2D eigenvalue weighted by molar-refractivity contribution is -0.116. The Bertz CT molecular complexity index is 1110. The first kappa shape index (κ1) is 16.8. The van der Waals surface area contributed by atoms with E-state index in [-0.39, 0.29) is 12.5 Å². The normalized spacial score (nSPS) is 10.9. The minimum Gasteiger partial charge on any atom is -0.495 e. The fourth-order valence-corrected chi connectivity index (χ4v) is 2.96. The zero-order valence-corrected chi connectivity index (χ0v) is 15.0. The van der Waals surface area contributed by atoms with Crippen LogP contribution in [0.4, 0.5) is 5.69 Å². The van der Waals surface area contributed by atoms with E-state index in [1.54, 1.807) is 26.2 Å². The summed E-state index contributed by atoms with van der Waals surface area (Å²) in [5.41, 5.74) is 2.37. The van der Waals surface area contributed by atoms with E-state index in [0.717, 1.165) is 16.5 Å². The highest BCUT2D eigenvalue weighted by molar-refractivity contribution is 5.93. The monoisotopic (exact) mass is 362 g/mol. The second-order valence-corrected chi connectivity index (χ2v) is 6.09. The Balaban J connectivity index is 1.59. The number of amides is 1. The second kappa shape index (κ2) is 6.95. The summed E-state index contributed by atoms with van der Waals surface area (Å²) in [7, 11) is 1.57. The van der Waals surface area contributed by atoms with E-state index in [9.17, 15) is 4.79 Å². The van der Waals surface area contributed by atoms with Crippen molar-refractivity contribution in [2.24, 2.45) is 0 Å². The van der Waals surface area contributed by atoms with Gasteiger partial charge in [0.1, 0.15) is 12.3 Å². The summed E-state index contributed by atoms with van der Waals surface area (Å²) in [4.78, 5) is 12.5. The number of methoxy groups -OCH3 is 1. The van der Waals surface area contributed by atoms with Gasteiger partial charge in [-0.25, -0.2) is 0 Å². The van der Waals surface area contributed by atoms with Gasteiger partial charge < -0.3 is 19.0 Å². The average molecular weight is 362 g/mol. The number of aryl methyl sites for hydroxylation is 1. The summed E-state index contributed by atoms with van der Waals surface area (Å²) in [6, 6.07) is 15.1. The lowest BCUT2D eigenvalue weighted by atomic mass is 10.1. The van der Waals surface area contributed by atoms with Crippen molar-refractivity contribution in [3.05, 3.63) is 60.6 Å². The molecule has 1 amide bonds. The Morgan fingerprint density at radius 2 is 2.04 bits per heavy atom. The van der Waals surface area contributed by atoms with Gasteiger partial charge in [0.15, 0.2) is 0 Å². The largest absolute Gasteiger partial charge is 0.495 e. The Kier molecular flexibility index (Phi) is 4.33. The molecule has 0 aliphatic rings. The van der Waals surface area contributed by atoms with E-state index in [2.05, 4.69) is 15.5 Å². The maximum Gasteiger partial charge on any atom is 0.247 e. The third kappa shape index (κ3) is 3.39. The number of carbonyl (C=O) groups excluding carboxylic acids is 1. The SMILES string of the molecule is COc1ccccc1NC(=O)Cn1ccc2ccc(-c3nnc(C)o3)cc21. The number of nitrogens with zero attached hydrogens (tertiary/aromatic N) is 3. The highest BCUT2D eigenvalue weighted by Crippen LogP contribution is 2.25. The second-order valence-electron chi connectivity index (χ2n) is 6.09. The van der Waals surface area contributed by atoms with Crippen LogP contribution in [0.15, 0.2) is 59.1 Å². The maximum absolute atomic E-state index is 12.5. The topological polar surface area (TPSA) is 82.2 Å². The van der Waals surface area contributed by atoms with Gasteiger partial charge in [-0.15, -0.1) is 10.2 Å². The molecule has 4 rings (SSSR count). The predicted molar refractivity (Wildman–Crippen MR) is 102 cm³/mol. The summed E-state index contributed by atoms with van der Waals surface area (Å²) < 4.78 is 12.7. The van der Waals surface area contributed by atoms with E-state index < -0.39 is 0 Å². The summed E-state index contributed by atoms with van der Waals surface area (Å²) >= 11 is 0. The van der Waals surface area contributed by atoms with Crippen molar-refractivity contribution in [1.29, 1.82) is 0 Å². The zero-order valence-electron chi connectivity index (χ0n) is 15.0. The number of aromatic nitrogens is 3. The van der Waals surface area contributed by atoms with Crippen LogP contribution in [0.1, 0.15) is 5.89 Å². The Morgan fingerprint density at radius 3 is 2.81 bits per heavy atom. The molecule has 0 aliphatic heterocycles. The molecule has 0 fully saturated rings. The van der Waals surface area contributed by atoms with Crippen molar-refractivity contribution >= 4 is 22.5 Å². The van der Waals surface area contributed by atoms with Gasteiger partial charge in [0.2, 0.25) is 17.7 Å². The quantitative estimate of drug-likeness (QED) is 0.586. The van der Waals surface area contributed by atoms with E-state index in [0.29, 0.717) is 23.2 Å². The molecule has 0 saturated heterocycles. The molecule has 2 aromatic heterocycles. The fraction of sp³-hybridized carbons (Fsp3) is 0.150. The molecule has 7 nitrogen and oxygen atoms in total. The fourth-order valence-electron chi connectivity index (χ4n) is 2.96. The van der Waals surface area contributed by atoms with E-state index >= 15 is 0 Å². The van der Waals surface area contributed by atoms with Crippen molar-refractivity contribution in [3.63, 3.8) is 0 Å². The summed E-state index contributed by atoms with van der Waals surface area (Å²) in [6.45, 7) is 1.92. The number of hydrogen-bond donors (Lipinski definition) is 1. The first-order valence-corrected chi connectivity index (χ1v) is 8.46. The molecule has 0 unspecified atom stereocenters. The molecule has 2 heterocycles. The van der Waals surface area contributed by atoms with Crippen molar-refractivity contribution in [2.45, 2.75) is 13.5 Å². The van der Waals surface area contributed by atoms with Gasteiger partial charge in [-0.2, -0.15) is 0 Å². The summed E-state index contributed by atoms with van der Waals surface area (Å²) in [5, 5.41) is 11.8. The number of carbonyl (C=O) groups is 1. The lowest BCUT2D eigenvalue weighted by Gasteiger charge is -2.11. The van der Waals surface area contributed by atoms with Crippen molar-refractivity contribution in [1.82, 2.24) is 14.8 Å². The van der Waals surface area contributed by atoms with Crippen molar-refractivity contribution < 1.29 is 13.9 Å². The van der Waals surface area contributed by atoms with Gasteiger partial charge in [0.05, 0.1) is 12.8 Å².